The molecule has 0 saturated heterocycles. The first kappa shape index (κ1) is 29.3. The zero-order valence-corrected chi connectivity index (χ0v) is 26.4. The number of ether oxygens (including phenoxy) is 1. The summed E-state index contributed by atoms with van der Waals surface area (Å²) in [7, 11) is 0. The van der Waals surface area contributed by atoms with E-state index >= 15 is 0 Å². The molecule has 9 atom stereocenters. The van der Waals surface area contributed by atoms with Crippen LogP contribution in [0.5, 0.6) is 0 Å². The normalized spacial score (nSPS) is 40.1. The van der Waals surface area contributed by atoms with Crippen LogP contribution in [-0.4, -0.2) is 6.10 Å². The lowest BCUT2D eigenvalue weighted by Gasteiger charge is -2.65. The van der Waals surface area contributed by atoms with E-state index in [0.717, 1.165) is 58.4 Å². The molecule has 0 spiro atoms. The second kappa shape index (κ2) is 10.9. The SMILES string of the molecule is CC(C)CCCC(C)[C@H]1CC[C@H]2[C@@H]3CCC4C(C)(C)C(OCc5ccc(N)cc5N)CC[C@]4(C)[C@H]3CC[C@]12C. The first-order valence-corrected chi connectivity index (χ1v) is 16.6. The zero-order valence-electron chi connectivity index (χ0n) is 26.4. The molecule has 3 heteroatoms. The summed E-state index contributed by atoms with van der Waals surface area (Å²) in [4.78, 5) is 0. The number of benzene rings is 1. The van der Waals surface area contributed by atoms with Crippen LogP contribution in [0.4, 0.5) is 11.4 Å². The van der Waals surface area contributed by atoms with Gasteiger partial charge in [-0.15, -0.1) is 0 Å². The standard InChI is InChI=1S/C36H60N2O/c1-23(2)9-8-10-24(3)28-14-15-29-27-13-16-32-34(4,5)33(39-22-25-11-12-26(37)21-31(25)38)18-20-36(32,7)30(27)17-19-35(28,29)6/h11-12,21,23-24,27-30,32-33H,8-10,13-20,22,37-38H2,1-7H3/t24?,27-,28+,29-,30-,32?,33?,35+,36+/m0/s1. The molecule has 0 bridgehead atoms. The molecule has 1 aromatic carbocycles. The van der Waals surface area contributed by atoms with Gasteiger partial charge in [-0.3, -0.25) is 0 Å². The summed E-state index contributed by atoms with van der Waals surface area (Å²) in [6.45, 7) is 18.4. The lowest BCUT2D eigenvalue weighted by atomic mass is 9.41. The van der Waals surface area contributed by atoms with E-state index in [1.807, 2.05) is 18.2 Å². The van der Waals surface area contributed by atoms with Crippen molar-refractivity contribution in [1.82, 2.24) is 0 Å². The number of nitrogen functional groups attached to an aromatic ring is 2. The molecule has 3 nitrogen and oxygen atoms in total. The van der Waals surface area contributed by atoms with Gasteiger partial charge in [-0.05, 0) is 121 Å². The molecule has 1 aromatic rings. The van der Waals surface area contributed by atoms with Crippen LogP contribution in [0.2, 0.25) is 0 Å². The molecule has 4 N–H and O–H groups in total. The van der Waals surface area contributed by atoms with Gasteiger partial charge < -0.3 is 16.2 Å². The fraction of sp³-hybridized carbons (Fsp3) is 0.833. The van der Waals surface area contributed by atoms with Crippen LogP contribution in [0.3, 0.4) is 0 Å². The van der Waals surface area contributed by atoms with Crippen molar-refractivity contribution in [2.75, 3.05) is 11.5 Å². The summed E-state index contributed by atoms with van der Waals surface area (Å²) in [5.74, 6) is 6.22. The highest BCUT2D eigenvalue weighted by molar-refractivity contribution is 5.56. The molecule has 3 unspecified atom stereocenters. The van der Waals surface area contributed by atoms with Crippen LogP contribution in [0.15, 0.2) is 18.2 Å². The maximum absolute atomic E-state index is 6.69. The smallest absolute Gasteiger partial charge is 0.0740 e. The number of fused-ring (bicyclic) bond motifs is 5. The van der Waals surface area contributed by atoms with Crippen molar-refractivity contribution >= 4 is 11.4 Å². The molecule has 0 aliphatic heterocycles. The van der Waals surface area contributed by atoms with Gasteiger partial charge in [-0.1, -0.05) is 73.8 Å². The summed E-state index contributed by atoms with van der Waals surface area (Å²) in [5.41, 5.74) is 15.9. The van der Waals surface area contributed by atoms with E-state index in [0.29, 0.717) is 23.5 Å². The van der Waals surface area contributed by atoms with Gasteiger partial charge in [-0.25, -0.2) is 0 Å². The molecule has 0 radical (unpaired) electrons. The van der Waals surface area contributed by atoms with Crippen LogP contribution in [-0.2, 0) is 11.3 Å². The van der Waals surface area contributed by atoms with E-state index in [1.165, 1.54) is 70.6 Å². The molecule has 220 valence electrons. The second-order valence-electron chi connectivity index (χ2n) is 16.2. The van der Waals surface area contributed by atoms with E-state index in [-0.39, 0.29) is 5.41 Å². The van der Waals surface area contributed by atoms with Gasteiger partial charge in [0.2, 0.25) is 0 Å². The van der Waals surface area contributed by atoms with Gasteiger partial charge in [0, 0.05) is 16.9 Å². The van der Waals surface area contributed by atoms with E-state index < -0.39 is 0 Å². The Kier molecular flexibility index (Phi) is 8.17. The van der Waals surface area contributed by atoms with Crippen molar-refractivity contribution in [1.29, 1.82) is 0 Å². The summed E-state index contributed by atoms with van der Waals surface area (Å²) >= 11 is 0. The van der Waals surface area contributed by atoms with Crippen LogP contribution < -0.4 is 11.5 Å². The molecule has 0 heterocycles. The first-order valence-electron chi connectivity index (χ1n) is 16.6. The molecule has 0 amide bonds. The largest absolute Gasteiger partial charge is 0.399 e. The minimum absolute atomic E-state index is 0.185. The third-order valence-electron chi connectivity index (χ3n) is 13.4. The van der Waals surface area contributed by atoms with E-state index in [4.69, 9.17) is 16.2 Å². The van der Waals surface area contributed by atoms with Crippen LogP contribution in [0.1, 0.15) is 125 Å². The molecule has 0 aromatic heterocycles. The number of nitrogens with two attached hydrogens (primary N) is 2. The topological polar surface area (TPSA) is 61.3 Å². The van der Waals surface area contributed by atoms with Gasteiger partial charge in [0.1, 0.15) is 0 Å². The minimum Gasteiger partial charge on any atom is -0.399 e. The summed E-state index contributed by atoms with van der Waals surface area (Å²) in [6.07, 6.45) is 15.8. The Morgan fingerprint density at radius 1 is 0.846 bits per heavy atom. The number of anilines is 2. The van der Waals surface area contributed by atoms with Crippen molar-refractivity contribution in [2.24, 2.45) is 57.7 Å². The Hall–Kier alpha value is -1.22. The summed E-state index contributed by atoms with van der Waals surface area (Å²) < 4.78 is 6.69. The van der Waals surface area contributed by atoms with Gasteiger partial charge in [0.15, 0.2) is 0 Å². The molecule has 4 aliphatic rings. The number of rotatable bonds is 8. The Morgan fingerprint density at radius 3 is 2.28 bits per heavy atom. The van der Waals surface area contributed by atoms with Crippen molar-refractivity contribution < 1.29 is 4.74 Å². The van der Waals surface area contributed by atoms with E-state index in [9.17, 15) is 0 Å². The lowest BCUT2D eigenvalue weighted by molar-refractivity contribution is -0.193. The van der Waals surface area contributed by atoms with Crippen LogP contribution >= 0.6 is 0 Å². The maximum atomic E-state index is 6.69. The van der Waals surface area contributed by atoms with E-state index in [2.05, 4.69) is 48.5 Å². The number of hydrogen-bond donors (Lipinski definition) is 2. The number of hydrogen-bond acceptors (Lipinski definition) is 3. The molecule has 39 heavy (non-hydrogen) atoms. The first-order chi connectivity index (χ1) is 18.4. The third kappa shape index (κ3) is 5.17. The van der Waals surface area contributed by atoms with Crippen molar-refractivity contribution in [2.45, 2.75) is 132 Å². The van der Waals surface area contributed by atoms with Gasteiger partial charge >= 0.3 is 0 Å². The highest BCUT2D eigenvalue weighted by atomic mass is 16.5. The predicted octanol–water partition coefficient (Wildman–Crippen LogP) is 9.49. The monoisotopic (exact) mass is 536 g/mol. The fourth-order valence-electron chi connectivity index (χ4n) is 11.3. The Labute approximate surface area is 240 Å². The lowest BCUT2D eigenvalue weighted by Crippen LogP contribution is -2.59. The summed E-state index contributed by atoms with van der Waals surface area (Å²) in [6, 6.07) is 5.84. The fourth-order valence-corrected chi connectivity index (χ4v) is 11.3. The van der Waals surface area contributed by atoms with Gasteiger partial charge in [0.05, 0.1) is 12.7 Å². The molecule has 5 rings (SSSR count). The maximum Gasteiger partial charge on any atom is 0.0740 e. The van der Waals surface area contributed by atoms with Gasteiger partial charge in [-0.2, -0.15) is 0 Å². The highest BCUT2D eigenvalue weighted by Crippen LogP contribution is 2.70. The summed E-state index contributed by atoms with van der Waals surface area (Å²) in [5, 5.41) is 0. The van der Waals surface area contributed by atoms with Crippen molar-refractivity contribution in [3.05, 3.63) is 23.8 Å². The zero-order chi connectivity index (χ0) is 28.2. The molecule has 4 saturated carbocycles. The van der Waals surface area contributed by atoms with Crippen molar-refractivity contribution in [3.63, 3.8) is 0 Å². The minimum atomic E-state index is 0.185. The Balaban J connectivity index is 1.27. The Bertz CT molecular complexity index is 1000. The molecule has 4 fully saturated rings. The predicted molar refractivity (Wildman–Crippen MR) is 166 cm³/mol. The average Bonchev–Trinajstić information content (AvgIpc) is 3.21. The van der Waals surface area contributed by atoms with E-state index in [1.54, 1.807) is 0 Å². The average molecular weight is 537 g/mol. The molecular weight excluding hydrogens is 476 g/mol. The van der Waals surface area contributed by atoms with Crippen molar-refractivity contribution in [3.8, 4) is 0 Å². The van der Waals surface area contributed by atoms with Crippen LogP contribution in [0, 0.1) is 57.7 Å². The Morgan fingerprint density at radius 2 is 1.56 bits per heavy atom. The second-order valence-corrected chi connectivity index (χ2v) is 16.2. The molecule has 4 aliphatic carbocycles. The quantitative estimate of drug-likeness (QED) is 0.325. The molecular formula is C36H60N2O. The third-order valence-corrected chi connectivity index (χ3v) is 13.4. The van der Waals surface area contributed by atoms with Crippen LogP contribution in [0.25, 0.3) is 0 Å². The van der Waals surface area contributed by atoms with Gasteiger partial charge in [0.25, 0.3) is 0 Å². The highest BCUT2D eigenvalue weighted by Gasteiger charge is 2.63.